The topological polar surface area (TPSA) is 67.7 Å². The molecule has 0 aromatic heterocycles. The van der Waals surface area contributed by atoms with Crippen LogP contribution < -0.4 is 4.90 Å². The highest BCUT2D eigenvalue weighted by Gasteiger charge is 2.36. The van der Waals surface area contributed by atoms with Crippen LogP contribution in [0.15, 0.2) is 18.2 Å². The molecule has 3 rings (SSSR count). The molecule has 132 valence electrons. The number of carbonyl (C=O) groups is 2. The van der Waals surface area contributed by atoms with Crippen LogP contribution in [0.2, 0.25) is 0 Å². The third kappa shape index (κ3) is 3.43. The van der Waals surface area contributed by atoms with Crippen LogP contribution in [0.1, 0.15) is 18.9 Å². The molecular weight excluding hydrogens is 323 g/mol. The van der Waals surface area contributed by atoms with Gasteiger partial charge in [0.1, 0.15) is 5.82 Å². The van der Waals surface area contributed by atoms with Gasteiger partial charge in [0.05, 0.1) is 23.2 Å². The van der Waals surface area contributed by atoms with E-state index in [0.717, 1.165) is 0 Å². The molecular formula is C18H21FN4O2. The van der Waals surface area contributed by atoms with E-state index in [9.17, 15) is 14.0 Å². The molecule has 6 nitrogen and oxygen atoms in total. The first kappa shape index (κ1) is 17.2. The summed E-state index contributed by atoms with van der Waals surface area (Å²) in [6, 6.07) is 6.36. The summed E-state index contributed by atoms with van der Waals surface area (Å²) < 4.78 is 14.1. The summed E-state index contributed by atoms with van der Waals surface area (Å²) in [5, 5.41) is 8.82. The van der Waals surface area contributed by atoms with Crippen LogP contribution in [-0.4, -0.2) is 60.9 Å². The van der Waals surface area contributed by atoms with Crippen molar-refractivity contribution in [2.45, 2.75) is 13.3 Å². The highest BCUT2D eigenvalue weighted by molar-refractivity contribution is 5.89. The number of piperazine rings is 1. The van der Waals surface area contributed by atoms with Gasteiger partial charge < -0.3 is 14.7 Å². The lowest BCUT2D eigenvalue weighted by Gasteiger charge is -2.37. The molecule has 0 radical (unpaired) electrons. The molecule has 1 aromatic rings. The zero-order valence-electron chi connectivity index (χ0n) is 14.2. The maximum atomic E-state index is 14.1. The van der Waals surface area contributed by atoms with Crippen LogP contribution >= 0.6 is 0 Å². The number of benzene rings is 1. The van der Waals surface area contributed by atoms with Gasteiger partial charge in [-0.1, -0.05) is 0 Å². The number of hydrogen-bond donors (Lipinski definition) is 0. The summed E-state index contributed by atoms with van der Waals surface area (Å²) in [5.74, 6) is -0.618. The highest BCUT2D eigenvalue weighted by Crippen LogP contribution is 2.24. The zero-order chi connectivity index (χ0) is 18.0. The molecule has 2 amide bonds. The zero-order valence-corrected chi connectivity index (χ0v) is 14.2. The fraction of sp³-hybridized carbons (Fsp3) is 0.500. The highest BCUT2D eigenvalue weighted by atomic mass is 19.1. The third-order valence-corrected chi connectivity index (χ3v) is 4.95. The van der Waals surface area contributed by atoms with E-state index >= 15 is 0 Å². The first-order chi connectivity index (χ1) is 12.0. The minimum atomic E-state index is -0.418. The summed E-state index contributed by atoms with van der Waals surface area (Å²) in [6.45, 7) is 5.13. The van der Waals surface area contributed by atoms with Gasteiger partial charge in [-0.15, -0.1) is 0 Å². The lowest BCUT2D eigenvalue weighted by Crippen LogP contribution is -2.51. The van der Waals surface area contributed by atoms with Crippen molar-refractivity contribution in [3.8, 4) is 6.07 Å². The van der Waals surface area contributed by atoms with Crippen molar-refractivity contribution in [1.82, 2.24) is 9.80 Å². The molecule has 2 aliphatic rings. The summed E-state index contributed by atoms with van der Waals surface area (Å²) in [5.41, 5.74) is 0.751. The van der Waals surface area contributed by atoms with Gasteiger partial charge in [-0.05, 0) is 25.1 Å². The van der Waals surface area contributed by atoms with Gasteiger partial charge in [-0.25, -0.2) is 4.39 Å². The predicted octanol–water partition coefficient (Wildman–Crippen LogP) is 1.21. The van der Waals surface area contributed by atoms with Crippen molar-refractivity contribution < 1.29 is 14.0 Å². The van der Waals surface area contributed by atoms with E-state index in [-0.39, 0.29) is 24.2 Å². The predicted molar refractivity (Wildman–Crippen MR) is 90.3 cm³/mol. The van der Waals surface area contributed by atoms with Crippen molar-refractivity contribution in [3.05, 3.63) is 29.6 Å². The van der Waals surface area contributed by atoms with Gasteiger partial charge in [0.25, 0.3) is 0 Å². The molecule has 0 unspecified atom stereocenters. The van der Waals surface area contributed by atoms with E-state index < -0.39 is 5.82 Å². The molecule has 1 atom stereocenters. The fourth-order valence-electron chi connectivity index (χ4n) is 3.50. The molecule has 2 saturated heterocycles. The second-order valence-electron chi connectivity index (χ2n) is 6.42. The average Bonchev–Trinajstić information content (AvgIpc) is 3.02. The minimum absolute atomic E-state index is 0.0178. The summed E-state index contributed by atoms with van der Waals surface area (Å²) in [7, 11) is 0. The summed E-state index contributed by atoms with van der Waals surface area (Å²) in [4.78, 5) is 29.8. The van der Waals surface area contributed by atoms with Gasteiger partial charge in [0, 0.05) is 45.7 Å². The van der Waals surface area contributed by atoms with Crippen LogP contribution in [0.25, 0.3) is 0 Å². The van der Waals surface area contributed by atoms with E-state index in [2.05, 4.69) is 0 Å². The van der Waals surface area contributed by atoms with Gasteiger partial charge in [-0.3, -0.25) is 9.59 Å². The Balaban J connectivity index is 1.60. The van der Waals surface area contributed by atoms with Crippen molar-refractivity contribution in [1.29, 1.82) is 5.26 Å². The number of anilines is 1. The standard InChI is InChI=1S/C18H21FN4O2/c1-2-21-12-14(10-17(21)24)18(25)23-7-5-22(6-8-23)16-4-3-13(11-20)9-15(16)19/h3-4,9,14H,2,5-8,10,12H2,1H3/t14-/m1/s1. The monoisotopic (exact) mass is 344 g/mol. The number of nitrogens with zero attached hydrogens (tertiary/aromatic N) is 4. The number of nitriles is 1. The Bertz CT molecular complexity index is 722. The van der Waals surface area contributed by atoms with E-state index in [0.29, 0.717) is 50.5 Å². The van der Waals surface area contributed by atoms with E-state index in [1.807, 2.05) is 17.9 Å². The molecule has 25 heavy (non-hydrogen) atoms. The van der Waals surface area contributed by atoms with Gasteiger partial charge in [0.15, 0.2) is 0 Å². The van der Waals surface area contributed by atoms with E-state index in [1.54, 1.807) is 21.9 Å². The van der Waals surface area contributed by atoms with E-state index in [4.69, 9.17) is 5.26 Å². The molecule has 1 aromatic carbocycles. The fourth-order valence-corrected chi connectivity index (χ4v) is 3.50. The van der Waals surface area contributed by atoms with E-state index in [1.165, 1.54) is 6.07 Å². The Labute approximate surface area is 146 Å². The quantitative estimate of drug-likeness (QED) is 0.827. The molecule has 7 heteroatoms. The van der Waals surface area contributed by atoms with Crippen LogP contribution in [0.3, 0.4) is 0 Å². The number of hydrogen-bond acceptors (Lipinski definition) is 4. The molecule has 2 heterocycles. The number of rotatable bonds is 3. The Morgan fingerprint density at radius 1 is 1.32 bits per heavy atom. The smallest absolute Gasteiger partial charge is 0.228 e. The minimum Gasteiger partial charge on any atom is -0.366 e. The Morgan fingerprint density at radius 3 is 2.60 bits per heavy atom. The Hall–Kier alpha value is -2.62. The maximum absolute atomic E-state index is 14.1. The molecule has 0 N–H and O–H groups in total. The number of halogens is 1. The molecule has 0 bridgehead atoms. The van der Waals surface area contributed by atoms with Gasteiger partial charge in [0.2, 0.25) is 11.8 Å². The van der Waals surface area contributed by atoms with Gasteiger partial charge >= 0.3 is 0 Å². The molecule has 2 fully saturated rings. The SMILES string of the molecule is CCN1C[C@H](C(=O)N2CCN(c3ccc(C#N)cc3F)CC2)CC1=O. The molecule has 0 spiro atoms. The Kier molecular flexibility index (Phi) is 4.88. The number of amides is 2. The first-order valence-corrected chi connectivity index (χ1v) is 8.54. The molecule has 2 aliphatic heterocycles. The summed E-state index contributed by atoms with van der Waals surface area (Å²) >= 11 is 0. The average molecular weight is 344 g/mol. The van der Waals surface area contributed by atoms with Crippen LogP contribution in [0.5, 0.6) is 0 Å². The third-order valence-electron chi connectivity index (χ3n) is 4.95. The molecule has 0 saturated carbocycles. The largest absolute Gasteiger partial charge is 0.366 e. The van der Waals surface area contributed by atoms with Crippen molar-refractivity contribution in [3.63, 3.8) is 0 Å². The Morgan fingerprint density at radius 2 is 2.04 bits per heavy atom. The van der Waals surface area contributed by atoms with Crippen LogP contribution in [-0.2, 0) is 9.59 Å². The van der Waals surface area contributed by atoms with Gasteiger partial charge in [-0.2, -0.15) is 5.26 Å². The molecule has 0 aliphatic carbocycles. The lowest BCUT2D eigenvalue weighted by molar-refractivity contribution is -0.136. The second-order valence-corrected chi connectivity index (χ2v) is 6.42. The van der Waals surface area contributed by atoms with Crippen LogP contribution in [0.4, 0.5) is 10.1 Å². The number of carbonyl (C=O) groups excluding carboxylic acids is 2. The van der Waals surface area contributed by atoms with Crippen molar-refractivity contribution >= 4 is 17.5 Å². The first-order valence-electron chi connectivity index (χ1n) is 8.54. The second kappa shape index (κ2) is 7.09. The van der Waals surface area contributed by atoms with Crippen molar-refractivity contribution in [2.75, 3.05) is 44.2 Å². The maximum Gasteiger partial charge on any atom is 0.228 e. The van der Waals surface area contributed by atoms with Crippen LogP contribution in [0, 0.1) is 23.1 Å². The summed E-state index contributed by atoms with van der Waals surface area (Å²) in [6.07, 6.45) is 0.289. The van der Waals surface area contributed by atoms with Crippen molar-refractivity contribution in [2.24, 2.45) is 5.92 Å². The number of likely N-dealkylation sites (tertiary alicyclic amines) is 1. The lowest BCUT2D eigenvalue weighted by atomic mass is 10.1. The normalized spacial score (nSPS) is 20.8.